The predicted octanol–water partition coefficient (Wildman–Crippen LogP) is 2.99. The molecule has 25 heavy (non-hydrogen) atoms. The Kier molecular flexibility index (Phi) is 3.80. The third kappa shape index (κ3) is 2.70. The van der Waals surface area contributed by atoms with Gasteiger partial charge in [-0.2, -0.15) is 0 Å². The number of fused-ring (bicyclic) bond motifs is 2. The average molecular weight is 357 g/mol. The molecule has 2 heterocycles. The van der Waals surface area contributed by atoms with Gasteiger partial charge in [0.15, 0.2) is 21.3 Å². The summed E-state index contributed by atoms with van der Waals surface area (Å²) in [6, 6.07) is 11.0. The summed E-state index contributed by atoms with van der Waals surface area (Å²) in [5.74, 6) is 1.51. The molecule has 0 aromatic heterocycles. The average Bonchev–Trinajstić information content (AvgIpc) is 3.06. The van der Waals surface area contributed by atoms with Gasteiger partial charge in [-0.15, -0.1) is 0 Å². The third-order valence-corrected chi connectivity index (χ3v) is 6.75. The molecule has 130 valence electrons. The molecule has 2 aliphatic rings. The minimum Gasteiger partial charge on any atom is -0.454 e. The lowest BCUT2D eigenvalue weighted by Gasteiger charge is -2.18. The van der Waals surface area contributed by atoms with Gasteiger partial charge in [-0.1, -0.05) is 12.1 Å². The zero-order chi connectivity index (χ0) is 17.6. The van der Waals surface area contributed by atoms with E-state index in [0.717, 1.165) is 34.8 Å². The van der Waals surface area contributed by atoms with E-state index < -0.39 is 15.1 Å². The van der Waals surface area contributed by atoms with E-state index in [-0.39, 0.29) is 6.79 Å². The van der Waals surface area contributed by atoms with E-state index in [1.165, 1.54) is 5.56 Å². The molecule has 5 nitrogen and oxygen atoms in total. The lowest BCUT2D eigenvalue weighted by Crippen LogP contribution is -2.16. The molecule has 2 aliphatic heterocycles. The summed E-state index contributed by atoms with van der Waals surface area (Å²) in [5, 5.41) is -0.439. The first-order valence-corrected chi connectivity index (χ1v) is 9.83. The van der Waals surface area contributed by atoms with E-state index in [9.17, 15) is 8.42 Å². The topological polar surface area (TPSA) is 65.0 Å². The van der Waals surface area contributed by atoms with Crippen LogP contribution in [0.1, 0.15) is 30.5 Å². The Bertz CT molecular complexity index is 960. The number of ether oxygens (including phenoxy) is 2. The van der Waals surface area contributed by atoms with Crippen LogP contribution in [-0.2, 0) is 16.3 Å². The van der Waals surface area contributed by atoms with Crippen molar-refractivity contribution in [1.29, 1.82) is 0 Å². The molecule has 0 saturated carbocycles. The zero-order valence-electron chi connectivity index (χ0n) is 14.2. The van der Waals surface area contributed by atoms with Crippen molar-refractivity contribution in [1.82, 2.24) is 0 Å². The summed E-state index contributed by atoms with van der Waals surface area (Å²) < 4.78 is 35.5. The molecule has 0 atom stereocenters. The Hall–Kier alpha value is -2.34. The van der Waals surface area contributed by atoms with Gasteiger partial charge >= 0.3 is 0 Å². The molecular weight excluding hydrogens is 338 g/mol. The van der Waals surface area contributed by atoms with E-state index in [2.05, 4.69) is 4.99 Å². The van der Waals surface area contributed by atoms with Gasteiger partial charge in [0.05, 0.1) is 15.9 Å². The maximum absolute atomic E-state index is 12.3. The lowest BCUT2D eigenvalue weighted by atomic mass is 9.93. The molecule has 2 aromatic rings. The zero-order valence-corrected chi connectivity index (χ0v) is 15.0. The van der Waals surface area contributed by atoms with Crippen molar-refractivity contribution in [3.05, 3.63) is 53.1 Å². The summed E-state index contributed by atoms with van der Waals surface area (Å²) >= 11 is 0. The van der Waals surface area contributed by atoms with Gasteiger partial charge in [0.1, 0.15) is 0 Å². The van der Waals surface area contributed by atoms with Crippen LogP contribution in [0.2, 0.25) is 0 Å². The second kappa shape index (κ2) is 5.88. The number of nitrogens with zero attached hydrogens (tertiary/aromatic N) is 1. The highest BCUT2D eigenvalue weighted by Gasteiger charge is 2.23. The molecule has 4 rings (SSSR count). The highest BCUT2D eigenvalue weighted by atomic mass is 32.2. The molecule has 0 fully saturated rings. The summed E-state index contributed by atoms with van der Waals surface area (Å²) in [4.78, 5) is 5.01. The van der Waals surface area contributed by atoms with E-state index in [1.807, 2.05) is 24.3 Å². The van der Waals surface area contributed by atoms with E-state index >= 15 is 0 Å². The molecular formula is C19H19NO4S. The Labute approximate surface area is 147 Å². The van der Waals surface area contributed by atoms with Gasteiger partial charge in [0.25, 0.3) is 0 Å². The fraction of sp³-hybridized carbons (Fsp3) is 0.316. The molecule has 0 N–H and O–H groups in total. The number of hydrogen-bond acceptors (Lipinski definition) is 5. The number of benzene rings is 2. The monoisotopic (exact) mass is 357 g/mol. The van der Waals surface area contributed by atoms with Crippen LogP contribution in [0.3, 0.4) is 0 Å². The third-order valence-electron chi connectivity index (χ3n) is 4.58. The van der Waals surface area contributed by atoms with E-state index in [4.69, 9.17) is 9.47 Å². The standard InChI is InChI=1S/C19H19NO4S/c1-12(2)25(21,22)15-5-3-13(4-6-15)19-16-10-18-17(23-11-24-18)9-14(16)7-8-20-19/h3-6,9-10,12H,7-8,11H2,1-2H3. The minimum absolute atomic E-state index is 0.243. The minimum atomic E-state index is -3.27. The quantitative estimate of drug-likeness (QED) is 0.847. The van der Waals surface area contributed by atoms with Crippen molar-refractivity contribution in [2.24, 2.45) is 4.99 Å². The first-order valence-electron chi connectivity index (χ1n) is 8.28. The van der Waals surface area contributed by atoms with Gasteiger partial charge in [0, 0.05) is 17.7 Å². The second-order valence-electron chi connectivity index (χ2n) is 6.46. The first-order chi connectivity index (χ1) is 12.0. The summed E-state index contributed by atoms with van der Waals surface area (Å²) in [7, 11) is -3.27. The smallest absolute Gasteiger partial charge is 0.231 e. The lowest BCUT2D eigenvalue weighted by molar-refractivity contribution is 0.174. The highest BCUT2D eigenvalue weighted by Crippen LogP contribution is 2.37. The van der Waals surface area contributed by atoms with Crippen molar-refractivity contribution < 1.29 is 17.9 Å². The van der Waals surface area contributed by atoms with E-state index in [0.29, 0.717) is 11.4 Å². The normalized spacial score (nSPS) is 15.9. The van der Waals surface area contributed by atoms with Gasteiger partial charge in [-0.25, -0.2) is 8.42 Å². The van der Waals surface area contributed by atoms with Crippen molar-refractivity contribution in [3.8, 4) is 11.5 Å². The molecule has 0 spiro atoms. The van der Waals surface area contributed by atoms with Crippen LogP contribution in [0.4, 0.5) is 0 Å². The van der Waals surface area contributed by atoms with Crippen molar-refractivity contribution in [2.75, 3.05) is 13.3 Å². The van der Waals surface area contributed by atoms with Gasteiger partial charge in [-0.05, 0) is 50.1 Å². The second-order valence-corrected chi connectivity index (χ2v) is 8.97. The van der Waals surface area contributed by atoms with Crippen LogP contribution in [-0.4, -0.2) is 32.7 Å². The van der Waals surface area contributed by atoms with Gasteiger partial charge < -0.3 is 9.47 Å². The number of hydrogen-bond donors (Lipinski definition) is 0. The molecule has 0 amide bonds. The predicted molar refractivity (Wildman–Crippen MR) is 95.5 cm³/mol. The summed E-state index contributed by atoms with van der Waals surface area (Å²) in [6.07, 6.45) is 0.856. The van der Waals surface area contributed by atoms with Crippen LogP contribution < -0.4 is 9.47 Å². The van der Waals surface area contributed by atoms with Gasteiger partial charge in [0.2, 0.25) is 6.79 Å². The molecule has 0 aliphatic carbocycles. The SMILES string of the molecule is CC(C)S(=O)(=O)c1ccc(C2=NCCc3cc4c(cc32)OCO4)cc1. The van der Waals surface area contributed by atoms with Crippen LogP contribution in [0, 0.1) is 0 Å². The van der Waals surface area contributed by atoms with E-state index in [1.54, 1.807) is 26.0 Å². The number of rotatable bonds is 3. The van der Waals surface area contributed by atoms with Crippen molar-refractivity contribution in [2.45, 2.75) is 30.4 Å². The Balaban J connectivity index is 1.73. The Morgan fingerprint density at radius 3 is 2.40 bits per heavy atom. The Morgan fingerprint density at radius 1 is 1.04 bits per heavy atom. The van der Waals surface area contributed by atoms with Crippen molar-refractivity contribution in [3.63, 3.8) is 0 Å². The highest BCUT2D eigenvalue weighted by molar-refractivity contribution is 7.92. The number of aliphatic imine (C=N–C) groups is 1. The van der Waals surface area contributed by atoms with Crippen LogP contribution in [0.25, 0.3) is 0 Å². The largest absolute Gasteiger partial charge is 0.454 e. The first kappa shape index (κ1) is 16.1. The van der Waals surface area contributed by atoms with Crippen LogP contribution in [0.15, 0.2) is 46.3 Å². The molecule has 0 unspecified atom stereocenters. The molecule has 0 saturated heterocycles. The Morgan fingerprint density at radius 2 is 1.72 bits per heavy atom. The van der Waals surface area contributed by atoms with Crippen molar-refractivity contribution >= 4 is 15.5 Å². The summed E-state index contributed by atoms with van der Waals surface area (Å²) in [5.41, 5.74) is 3.97. The summed E-state index contributed by atoms with van der Waals surface area (Å²) in [6.45, 7) is 4.32. The van der Waals surface area contributed by atoms with Crippen LogP contribution >= 0.6 is 0 Å². The maximum atomic E-state index is 12.3. The fourth-order valence-electron chi connectivity index (χ4n) is 3.11. The van der Waals surface area contributed by atoms with Gasteiger partial charge in [-0.3, -0.25) is 4.99 Å². The molecule has 0 radical (unpaired) electrons. The maximum Gasteiger partial charge on any atom is 0.231 e. The molecule has 0 bridgehead atoms. The fourth-order valence-corrected chi connectivity index (χ4v) is 4.17. The van der Waals surface area contributed by atoms with Crippen LogP contribution in [0.5, 0.6) is 11.5 Å². The molecule has 2 aromatic carbocycles. The number of sulfone groups is 1. The molecule has 6 heteroatoms.